The van der Waals surface area contributed by atoms with Crippen LogP contribution in [0.25, 0.3) is 0 Å². The van der Waals surface area contributed by atoms with Crippen molar-refractivity contribution in [1.29, 1.82) is 0 Å². The van der Waals surface area contributed by atoms with Crippen molar-refractivity contribution in [2.24, 2.45) is 0 Å². The molecular formula is C16H26N2. The van der Waals surface area contributed by atoms with Crippen molar-refractivity contribution < 1.29 is 0 Å². The van der Waals surface area contributed by atoms with E-state index in [0.717, 1.165) is 13.0 Å². The first-order valence-electron chi connectivity index (χ1n) is 7.31. The van der Waals surface area contributed by atoms with Crippen LogP contribution in [-0.4, -0.2) is 36.6 Å². The summed E-state index contributed by atoms with van der Waals surface area (Å²) >= 11 is 0. The van der Waals surface area contributed by atoms with E-state index in [2.05, 4.69) is 54.4 Å². The summed E-state index contributed by atoms with van der Waals surface area (Å²) in [6.45, 7) is 8.22. The van der Waals surface area contributed by atoms with Crippen molar-refractivity contribution >= 4 is 0 Å². The maximum atomic E-state index is 3.70. The summed E-state index contributed by atoms with van der Waals surface area (Å²) in [4.78, 5) is 2.65. The van der Waals surface area contributed by atoms with Crippen molar-refractivity contribution in [1.82, 2.24) is 10.2 Å². The SMILES string of the molecule is CCC(C)N1CCCNC(Cc2ccccc2)C1. The highest BCUT2D eigenvalue weighted by atomic mass is 15.2. The van der Waals surface area contributed by atoms with Crippen LogP contribution in [0, 0.1) is 0 Å². The molecule has 100 valence electrons. The Bertz CT molecular complexity index is 336. The average molecular weight is 246 g/mol. The molecule has 0 amide bonds. The van der Waals surface area contributed by atoms with Gasteiger partial charge in [-0.1, -0.05) is 37.3 Å². The van der Waals surface area contributed by atoms with Crippen molar-refractivity contribution in [2.75, 3.05) is 19.6 Å². The second-order valence-corrected chi connectivity index (χ2v) is 5.45. The quantitative estimate of drug-likeness (QED) is 0.878. The molecular weight excluding hydrogens is 220 g/mol. The second-order valence-electron chi connectivity index (χ2n) is 5.45. The Morgan fingerprint density at radius 1 is 1.33 bits per heavy atom. The third-order valence-corrected chi connectivity index (χ3v) is 4.05. The predicted octanol–water partition coefficient (Wildman–Crippen LogP) is 2.69. The maximum absolute atomic E-state index is 3.70. The molecule has 1 heterocycles. The highest BCUT2D eigenvalue weighted by molar-refractivity contribution is 5.16. The Morgan fingerprint density at radius 2 is 2.11 bits per heavy atom. The van der Waals surface area contributed by atoms with Gasteiger partial charge in [0.25, 0.3) is 0 Å². The van der Waals surface area contributed by atoms with Gasteiger partial charge >= 0.3 is 0 Å². The number of rotatable bonds is 4. The molecule has 1 aliphatic heterocycles. The first-order valence-corrected chi connectivity index (χ1v) is 7.31. The Labute approximate surface area is 111 Å². The van der Waals surface area contributed by atoms with Gasteiger partial charge < -0.3 is 5.32 Å². The van der Waals surface area contributed by atoms with Gasteiger partial charge in [0, 0.05) is 18.6 Å². The Balaban J connectivity index is 1.95. The molecule has 0 saturated carbocycles. The number of nitrogens with zero attached hydrogens (tertiary/aromatic N) is 1. The van der Waals surface area contributed by atoms with Gasteiger partial charge in [-0.15, -0.1) is 0 Å². The molecule has 1 aromatic carbocycles. The zero-order valence-electron chi connectivity index (χ0n) is 11.7. The van der Waals surface area contributed by atoms with Crippen LogP contribution in [0.4, 0.5) is 0 Å². The van der Waals surface area contributed by atoms with Crippen LogP contribution in [0.3, 0.4) is 0 Å². The first-order chi connectivity index (χ1) is 8.79. The summed E-state index contributed by atoms with van der Waals surface area (Å²) in [5.74, 6) is 0. The van der Waals surface area contributed by atoms with Crippen molar-refractivity contribution in [2.45, 2.75) is 45.2 Å². The molecule has 2 nitrogen and oxygen atoms in total. The Hall–Kier alpha value is -0.860. The molecule has 1 N–H and O–H groups in total. The van der Waals surface area contributed by atoms with Crippen molar-refractivity contribution in [3.05, 3.63) is 35.9 Å². The molecule has 1 aromatic rings. The first kappa shape index (κ1) is 13.6. The third-order valence-electron chi connectivity index (χ3n) is 4.05. The monoisotopic (exact) mass is 246 g/mol. The van der Waals surface area contributed by atoms with Gasteiger partial charge in [-0.05, 0) is 44.8 Å². The summed E-state index contributed by atoms with van der Waals surface area (Å²) < 4.78 is 0. The number of benzene rings is 1. The lowest BCUT2D eigenvalue weighted by atomic mass is 10.1. The molecule has 0 spiro atoms. The molecule has 0 bridgehead atoms. The van der Waals surface area contributed by atoms with Crippen LogP contribution >= 0.6 is 0 Å². The van der Waals surface area contributed by atoms with E-state index in [4.69, 9.17) is 0 Å². The smallest absolute Gasteiger partial charge is 0.0235 e. The van der Waals surface area contributed by atoms with Gasteiger partial charge in [0.15, 0.2) is 0 Å². The summed E-state index contributed by atoms with van der Waals surface area (Å²) in [6, 6.07) is 12.2. The molecule has 18 heavy (non-hydrogen) atoms. The van der Waals surface area contributed by atoms with Crippen LogP contribution < -0.4 is 5.32 Å². The lowest BCUT2D eigenvalue weighted by Gasteiger charge is -2.29. The lowest BCUT2D eigenvalue weighted by Crippen LogP contribution is -2.42. The van der Waals surface area contributed by atoms with Crippen LogP contribution in [0.5, 0.6) is 0 Å². The number of hydrogen-bond acceptors (Lipinski definition) is 2. The van der Waals surface area contributed by atoms with E-state index in [1.165, 1.54) is 31.5 Å². The van der Waals surface area contributed by atoms with E-state index in [9.17, 15) is 0 Å². The van der Waals surface area contributed by atoms with Crippen LogP contribution in [0.15, 0.2) is 30.3 Å². The topological polar surface area (TPSA) is 15.3 Å². The normalized spacial score (nSPS) is 23.6. The molecule has 1 aliphatic rings. The molecule has 0 aromatic heterocycles. The van der Waals surface area contributed by atoms with E-state index in [0.29, 0.717) is 12.1 Å². The predicted molar refractivity (Wildman–Crippen MR) is 77.9 cm³/mol. The van der Waals surface area contributed by atoms with E-state index >= 15 is 0 Å². The molecule has 2 unspecified atom stereocenters. The summed E-state index contributed by atoms with van der Waals surface area (Å²) in [5.41, 5.74) is 1.45. The molecule has 2 atom stereocenters. The summed E-state index contributed by atoms with van der Waals surface area (Å²) in [7, 11) is 0. The minimum Gasteiger partial charge on any atom is -0.312 e. The molecule has 1 saturated heterocycles. The fourth-order valence-corrected chi connectivity index (χ4v) is 2.72. The van der Waals surface area contributed by atoms with Gasteiger partial charge in [0.1, 0.15) is 0 Å². The van der Waals surface area contributed by atoms with Gasteiger partial charge in [0.05, 0.1) is 0 Å². The second kappa shape index (κ2) is 6.91. The number of nitrogens with one attached hydrogen (secondary N) is 1. The largest absolute Gasteiger partial charge is 0.312 e. The summed E-state index contributed by atoms with van der Waals surface area (Å²) in [5, 5.41) is 3.70. The lowest BCUT2D eigenvalue weighted by molar-refractivity contribution is 0.200. The molecule has 2 rings (SSSR count). The molecule has 0 radical (unpaired) electrons. The molecule has 2 heteroatoms. The zero-order valence-corrected chi connectivity index (χ0v) is 11.7. The molecule has 0 aliphatic carbocycles. The highest BCUT2D eigenvalue weighted by Crippen LogP contribution is 2.11. The fourth-order valence-electron chi connectivity index (χ4n) is 2.72. The van der Waals surface area contributed by atoms with E-state index in [1.807, 2.05) is 0 Å². The minimum absolute atomic E-state index is 0.601. The average Bonchev–Trinajstić information content (AvgIpc) is 2.65. The van der Waals surface area contributed by atoms with Crippen molar-refractivity contribution in [3.8, 4) is 0 Å². The Morgan fingerprint density at radius 3 is 2.83 bits per heavy atom. The van der Waals surface area contributed by atoms with E-state index in [1.54, 1.807) is 0 Å². The standard InChI is InChI=1S/C16H26N2/c1-3-14(2)18-11-7-10-17-16(13-18)12-15-8-5-4-6-9-15/h4-6,8-9,14,16-17H,3,7,10-13H2,1-2H3. The van der Waals surface area contributed by atoms with E-state index < -0.39 is 0 Å². The van der Waals surface area contributed by atoms with Gasteiger partial charge in [-0.25, -0.2) is 0 Å². The van der Waals surface area contributed by atoms with E-state index in [-0.39, 0.29) is 0 Å². The summed E-state index contributed by atoms with van der Waals surface area (Å²) in [6.07, 6.45) is 3.67. The van der Waals surface area contributed by atoms with Crippen LogP contribution in [-0.2, 0) is 6.42 Å². The Kier molecular flexibility index (Phi) is 5.21. The minimum atomic E-state index is 0.601. The van der Waals surface area contributed by atoms with Crippen LogP contribution in [0.1, 0.15) is 32.3 Å². The van der Waals surface area contributed by atoms with Gasteiger partial charge in [-0.3, -0.25) is 4.90 Å². The maximum Gasteiger partial charge on any atom is 0.0235 e. The molecule has 1 fully saturated rings. The number of hydrogen-bond donors (Lipinski definition) is 1. The zero-order chi connectivity index (χ0) is 12.8. The third kappa shape index (κ3) is 3.82. The fraction of sp³-hybridized carbons (Fsp3) is 0.625. The van der Waals surface area contributed by atoms with Crippen molar-refractivity contribution in [3.63, 3.8) is 0 Å². The van der Waals surface area contributed by atoms with Gasteiger partial charge in [-0.2, -0.15) is 0 Å². The van der Waals surface area contributed by atoms with Crippen LogP contribution in [0.2, 0.25) is 0 Å². The van der Waals surface area contributed by atoms with Gasteiger partial charge in [0.2, 0.25) is 0 Å². The highest BCUT2D eigenvalue weighted by Gasteiger charge is 2.20.